The van der Waals surface area contributed by atoms with Gasteiger partial charge in [0.1, 0.15) is 16.1 Å². The van der Waals surface area contributed by atoms with Crippen LogP contribution >= 0.6 is 22.7 Å². The van der Waals surface area contributed by atoms with Crippen molar-refractivity contribution in [3.63, 3.8) is 0 Å². The van der Waals surface area contributed by atoms with Crippen molar-refractivity contribution in [2.45, 2.75) is 16.1 Å². The number of thiophene rings is 2. The van der Waals surface area contributed by atoms with E-state index in [0.717, 1.165) is 5.56 Å². The van der Waals surface area contributed by atoms with Gasteiger partial charge in [0.25, 0.3) is 0 Å². The second-order valence-electron chi connectivity index (χ2n) is 5.42. The SMILES string of the molecule is O=C(NC[C@H](c1cccs1)S(=O)(=O)c1cccs1)OCc1ccccc1. The van der Waals surface area contributed by atoms with Crippen LogP contribution in [0.15, 0.2) is 69.6 Å². The molecule has 2 aromatic heterocycles. The second kappa shape index (κ2) is 8.48. The highest BCUT2D eigenvalue weighted by Crippen LogP contribution is 2.33. The molecule has 0 bridgehead atoms. The van der Waals surface area contributed by atoms with Crippen molar-refractivity contribution < 1.29 is 17.9 Å². The molecule has 1 amide bonds. The van der Waals surface area contributed by atoms with E-state index in [0.29, 0.717) is 4.88 Å². The first-order chi connectivity index (χ1) is 12.6. The number of amides is 1. The molecule has 136 valence electrons. The van der Waals surface area contributed by atoms with E-state index < -0.39 is 21.2 Å². The summed E-state index contributed by atoms with van der Waals surface area (Å²) in [6, 6.07) is 16.1. The zero-order valence-electron chi connectivity index (χ0n) is 13.7. The maximum Gasteiger partial charge on any atom is 0.407 e. The average molecular weight is 408 g/mol. The van der Waals surface area contributed by atoms with Crippen molar-refractivity contribution in [1.29, 1.82) is 0 Å². The first-order valence-corrected chi connectivity index (χ1v) is 11.1. The Balaban J connectivity index is 1.66. The van der Waals surface area contributed by atoms with Gasteiger partial charge in [-0.3, -0.25) is 0 Å². The molecular formula is C18H17NO4S3. The van der Waals surface area contributed by atoms with E-state index in [4.69, 9.17) is 4.74 Å². The van der Waals surface area contributed by atoms with Crippen molar-refractivity contribution in [3.8, 4) is 0 Å². The highest BCUT2D eigenvalue weighted by atomic mass is 32.2. The number of alkyl carbamates (subject to hydrolysis) is 1. The van der Waals surface area contributed by atoms with Gasteiger partial charge in [-0.2, -0.15) is 0 Å². The predicted molar refractivity (Wildman–Crippen MR) is 103 cm³/mol. The summed E-state index contributed by atoms with van der Waals surface area (Å²) in [5, 5.41) is 5.28. The lowest BCUT2D eigenvalue weighted by molar-refractivity contribution is 0.139. The van der Waals surface area contributed by atoms with Gasteiger partial charge in [-0.25, -0.2) is 13.2 Å². The predicted octanol–water partition coefficient (Wildman–Crippen LogP) is 4.25. The first-order valence-electron chi connectivity index (χ1n) is 7.83. The third-order valence-corrected chi connectivity index (χ3v) is 8.30. The minimum absolute atomic E-state index is 0.0473. The Labute approximate surface area is 160 Å². The second-order valence-corrected chi connectivity index (χ2v) is 9.71. The molecule has 1 atom stereocenters. The zero-order chi connectivity index (χ0) is 18.4. The Bertz CT molecular complexity index is 920. The van der Waals surface area contributed by atoms with E-state index in [9.17, 15) is 13.2 Å². The van der Waals surface area contributed by atoms with Crippen molar-refractivity contribution in [2.75, 3.05) is 6.54 Å². The summed E-state index contributed by atoms with van der Waals surface area (Å²) in [4.78, 5) is 12.7. The Kier molecular flexibility index (Phi) is 6.08. The molecule has 0 spiro atoms. The highest BCUT2D eigenvalue weighted by Gasteiger charge is 2.31. The van der Waals surface area contributed by atoms with Crippen molar-refractivity contribution in [2.24, 2.45) is 0 Å². The molecule has 5 nitrogen and oxygen atoms in total. The molecule has 0 saturated heterocycles. The Morgan fingerprint density at radius 2 is 1.73 bits per heavy atom. The van der Waals surface area contributed by atoms with Crippen LogP contribution in [-0.2, 0) is 21.2 Å². The largest absolute Gasteiger partial charge is 0.445 e. The molecule has 3 rings (SSSR count). The topological polar surface area (TPSA) is 72.5 Å². The number of benzene rings is 1. The number of hydrogen-bond acceptors (Lipinski definition) is 6. The summed E-state index contributed by atoms with van der Waals surface area (Å²) in [5.74, 6) is 0. The van der Waals surface area contributed by atoms with Gasteiger partial charge >= 0.3 is 6.09 Å². The molecular weight excluding hydrogens is 390 g/mol. The minimum Gasteiger partial charge on any atom is -0.445 e. The zero-order valence-corrected chi connectivity index (χ0v) is 16.1. The smallest absolute Gasteiger partial charge is 0.407 e. The quantitative estimate of drug-likeness (QED) is 0.635. The summed E-state index contributed by atoms with van der Waals surface area (Å²) in [6.45, 7) is 0.0857. The standard InChI is InChI=1S/C18H17NO4S3/c20-18(23-13-14-6-2-1-3-7-14)19-12-16(15-8-4-10-24-15)26(21,22)17-9-5-11-25-17/h1-11,16H,12-13H2,(H,19,20)/t16-/m1/s1. The average Bonchev–Trinajstić information content (AvgIpc) is 3.35. The summed E-state index contributed by atoms with van der Waals surface area (Å²) in [7, 11) is -3.58. The van der Waals surface area contributed by atoms with Gasteiger partial charge in [0.2, 0.25) is 0 Å². The molecule has 2 heterocycles. The molecule has 26 heavy (non-hydrogen) atoms. The first kappa shape index (κ1) is 18.6. The van der Waals surface area contributed by atoms with Crippen molar-refractivity contribution in [1.82, 2.24) is 5.32 Å². The van der Waals surface area contributed by atoms with Crippen LogP contribution in [0.5, 0.6) is 0 Å². The Morgan fingerprint density at radius 3 is 2.38 bits per heavy atom. The minimum atomic E-state index is -3.58. The van der Waals surface area contributed by atoms with Gasteiger partial charge in [0, 0.05) is 11.4 Å². The Morgan fingerprint density at radius 1 is 1.00 bits per heavy atom. The lowest BCUT2D eigenvalue weighted by atomic mass is 10.2. The van der Waals surface area contributed by atoms with Crippen LogP contribution in [0.1, 0.15) is 15.7 Å². The van der Waals surface area contributed by atoms with E-state index in [1.807, 2.05) is 35.7 Å². The molecule has 0 unspecified atom stereocenters. The molecule has 0 aliphatic rings. The summed E-state index contributed by atoms with van der Waals surface area (Å²) in [6.07, 6.45) is -0.642. The molecule has 0 radical (unpaired) electrons. The fourth-order valence-electron chi connectivity index (χ4n) is 2.35. The van der Waals surface area contributed by atoms with Crippen molar-refractivity contribution in [3.05, 3.63) is 75.8 Å². The fourth-order valence-corrected chi connectivity index (χ4v) is 6.34. The highest BCUT2D eigenvalue weighted by molar-refractivity contribution is 7.93. The number of ether oxygens (including phenoxy) is 1. The van der Waals surface area contributed by atoms with Crippen LogP contribution in [0.2, 0.25) is 0 Å². The van der Waals surface area contributed by atoms with Crippen LogP contribution in [-0.4, -0.2) is 21.1 Å². The van der Waals surface area contributed by atoms with Gasteiger partial charge < -0.3 is 10.1 Å². The third kappa shape index (κ3) is 4.51. The van der Waals surface area contributed by atoms with Gasteiger partial charge in [-0.15, -0.1) is 22.7 Å². The molecule has 8 heteroatoms. The number of carbonyl (C=O) groups excluding carboxylic acids is 1. The molecule has 0 fully saturated rings. The lowest BCUT2D eigenvalue weighted by Crippen LogP contribution is -2.31. The number of rotatable bonds is 7. The van der Waals surface area contributed by atoms with E-state index >= 15 is 0 Å². The van der Waals surface area contributed by atoms with Crippen LogP contribution in [0.4, 0.5) is 4.79 Å². The normalized spacial score (nSPS) is 12.5. The molecule has 3 aromatic rings. The van der Waals surface area contributed by atoms with Crippen molar-refractivity contribution >= 4 is 38.6 Å². The van der Waals surface area contributed by atoms with Crippen LogP contribution in [0.3, 0.4) is 0 Å². The molecule has 0 aliphatic heterocycles. The van der Waals surface area contributed by atoms with E-state index in [-0.39, 0.29) is 17.4 Å². The monoisotopic (exact) mass is 407 g/mol. The van der Waals surface area contributed by atoms with Gasteiger partial charge in [0.15, 0.2) is 9.84 Å². The molecule has 0 aliphatic carbocycles. The van der Waals surface area contributed by atoms with E-state index in [1.165, 1.54) is 22.7 Å². The van der Waals surface area contributed by atoms with Crippen LogP contribution < -0.4 is 5.32 Å². The van der Waals surface area contributed by atoms with Crippen LogP contribution in [0.25, 0.3) is 0 Å². The fraction of sp³-hybridized carbons (Fsp3) is 0.167. The molecule has 0 saturated carbocycles. The number of hydrogen-bond donors (Lipinski definition) is 1. The van der Waals surface area contributed by atoms with Gasteiger partial charge in [0.05, 0.1) is 0 Å². The third-order valence-electron chi connectivity index (χ3n) is 3.66. The maximum atomic E-state index is 12.9. The maximum absolute atomic E-state index is 12.9. The van der Waals surface area contributed by atoms with Gasteiger partial charge in [-0.05, 0) is 28.5 Å². The van der Waals surface area contributed by atoms with E-state index in [1.54, 1.807) is 29.6 Å². The number of sulfone groups is 1. The number of carbonyl (C=O) groups is 1. The number of nitrogens with one attached hydrogen (secondary N) is 1. The summed E-state index contributed by atoms with van der Waals surface area (Å²) < 4.78 is 31.3. The molecule has 1 aromatic carbocycles. The summed E-state index contributed by atoms with van der Waals surface area (Å²) in [5.41, 5.74) is 0.865. The Hall–Kier alpha value is -2.16. The van der Waals surface area contributed by atoms with E-state index in [2.05, 4.69) is 5.32 Å². The molecule has 1 N–H and O–H groups in total. The lowest BCUT2D eigenvalue weighted by Gasteiger charge is -2.16. The van der Waals surface area contributed by atoms with Crippen LogP contribution in [0, 0.1) is 0 Å². The van der Waals surface area contributed by atoms with Gasteiger partial charge in [-0.1, -0.05) is 42.5 Å². The summed E-state index contributed by atoms with van der Waals surface area (Å²) >= 11 is 2.52.